The van der Waals surface area contributed by atoms with Crippen LogP contribution in [0.4, 0.5) is 0 Å². The molecule has 5 heterocycles. The summed E-state index contributed by atoms with van der Waals surface area (Å²) >= 11 is 0. The van der Waals surface area contributed by atoms with Crippen LogP contribution in [-0.4, -0.2) is 43.8 Å². The molecule has 0 unspecified atom stereocenters. The molecule has 7 rings (SSSR count). The van der Waals surface area contributed by atoms with Crippen molar-refractivity contribution < 1.29 is 9.15 Å². The van der Waals surface area contributed by atoms with E-state index < -0.39 is 0 Å². The average molecular weight is 352 g/mol. The van der Waals surface area contributed by atoms with E-state index in [4.69, 9.17) is 0 Å². The third kappa shape index (κ3) is 1.48. The highest BCUT2D eigenvalue weighted by molar-refractivity contribution is 5.99. The van der Waals surface area contributed by atoms with E-state index in [0.29, 0.717) is 0 Å². The van der Waals surface area contributed by atoms with Crippen LogP contribution >= 0.6 is 0 Å². The van der Waals surface area contributed by atoms with Crippen LogP contribution in [0.15, 0.2) is 60.9 Å². The first-order valence-corrected chi connectivity index (χ1v) is 9.82. The fourth-order valence-corrected chi connectivity index (χ4v) is 5.49. The van der Waals surface area contributed by atoms with Crippen molar-refractivity contribution >= 4 is 34.2 Å². The van der Waals surface area contributed by atoms with Gasteiger partial charge < -0.3 is 0 Å². The molecule has 4 aromatic rings. The molecule has 0 atom stereocenters. The van der Waals surface area contributed by atoms with Gasteiger partial charge in [0.05, 0.1) is 22.2 Å². The quantitative estimate of drug-likeness (QED) is 0.431. The first kappa shape index (κ1) is 14.0. The molecule has 130 valence electrons. The smallest absolute Gasteiger partial charge is 0.206 e. The molecule has 3 aliphatic heterocycles. The summed E-state index contributed by atoms with van der Waals surface area (Å²) in [5.74, 6) is -0.372. The number of para-hydroxylation sites is 2. The second-order valence-electron chi connectivity index (χ2n) is 7.89. The summed E-state index contributed by atoms with van der Waals surface area (Å²) in [6.45, 7) is 2.11. The van der Waals surface area contributed by atoms with Crippen LogP contribution < -0.4 is 0 Å². The lowest BCUT2D eigenvalue weighted by Gasteiger charge is -2.33. The molecule has 0 amide bonds. The van der Waals surface area contributed by atoms with E-state index in [2.05, 4.69) is 91.6 Å². The molecule has 1 saturated heterocycles. The summed E-state index contributed by atoms with van der Waals surface area (Å²) in [4.78, 5) is 0. The van der Waals surface area contributed by atoms with E-state index in [1.807, 2.05) is 0 Å². The number of rotatable bonds is 0. The molecule has 2 aromatic heterocycles. The van der Waals surface area contributed by atoms with Crippen molar-refractivity contribution in [3.8, 4) is 0 Å². The lowest BCUT2D eigenvalue weighted by Crippen LogP contribution is -2.61. The Labute approximate surface area is 156 Å². The Balaban J connectivity index is 1.71. The largest absolute Gasteiger partial charge is 0.541 e. The minimum absolute atomic E-state index is 0.372. The van der Waals surface area contributed by atoms with Gasteiger partial charge in [0.25, 0.3) is 0 Å². The first-order chi connectivity index (χ1) is 13.4. The predicted octanol–water partition coefficient (Wildman–Crippen LogP) is 3.40. The van der Waals surface area contributed by atoms with Crippen molar-refractivity contribution in [2.45, 2.75) is 18.8 Å². The maximum Gasteiger partial charge on any atom is 0.541 e. The highest BCUT2D eigenvalue weighted by Crippen LogP contribution is 2.39. The van der Waals surface area contributed by atoms with Gasteiger partial charge in [0, 0.05) is 36.0 Å². The van der Waals surface area contributed by atoms with Gasteiger partial charge in [-0.05, 0) is 24.3 Å². The SMILES string of the molecule is C1=[N+]2CCCC[N+]3=Cc4cccc5ccn(c45)C23n2ccc3cccc1c32. The lowest BCUT2D eigenvalue weighted by molar-refractivity contribution is -0.861. The minimum Gasteiger partial charge on any atom is -0.206 e. The second kappa shape index (κ2) is 4.58. The molecule has 4 heteroatoms. The number of hydrogen-bond acceptors (Lipinski definition) is 0. The molecule has 0 aliphatic carbocycles. The van der Waals surface area contributed by atoms with E-state index in [1.54, 1.807) is 0 Å². The highest BCUT2D eigenvalue weighted by atomic mass is 15.6. The van der Waals surface area contributed by atoms with Crippen molar-refractivity contribution in [3.63, 3.8) is 0 Å². The third-order valence-corrected chi connectivity index (χ3v) is 6.54. The Morgan fingerprint density at radius 3 is 1.70 bits per heavy atom. The number of aromatic nitrogens is 2. The fraction of sp³-hybridized carbons (Fsp3) is 0.217. The van der Waals surface area contributed by atoms with E-state index in [9.17, 15) is 0 Å². The van der Waals surface area contributed by atoms with Crippen molar-refractivity contribution in [2.24, 2.45) is 0 Å². The molecule has 2 aromatic carbocycles. The Morgan fingerprint density at radius 1 is 0.667 bits per heavy atom. The van der Waals surface area contributed by atoms with Gasteiger partial charge in [-0.15, -0.1) is 9.15 Å². The van der Waals surface area contributed by atoms with Gasteiger partial charge in [-0.25, -0.2) is 9.13 Å². The van der Waals surface area contributed by atoms with E-state index in [0.717, 1.165) is 13.1 Å². The summed E-state index contributed by atoms with van der Waals surface area (Å²) in [6, 6.07) is 17.8. The van der Waals surface area contributed by atoms with Crippen molar-refractivity contribution in [1.82, 2.24) is 9.13 Å². The number of nitrogens with zero attached hydrogens (tertiary/aromatic N) is 4. The summed E-state index contributed by atoms with van der Waals surface area (Å²) in [6.07, 6.45) is 11.7. The number of hydrogen-bond donors (Lipinski definition) is 0. The Morgan fingerprint density at radius 2 is 1.19 bits per heavy atom. The van der Waals surface area contributed by atoms with Gasteiger partial charge in [-0.1, -0.05) is 24.3 Å². The summed E-state index contributed by atoms with van der Waals surface area (Å²) in [5, 5.41) is 2.62. The molecule has 0 saturated carbocycles. The molecular formula is C23H20N4+2. The zero-order valence-corrected chi connectivity index (χ0v) is 15.0. The molecular weight excluding hydrogens is 332 g/mol. The Kier molecular flexibility index (Phi) is 2.37. The Bertz CT molecular complexity index is 1230. The summed E-state index contributed by atoms with van der Waals surface area (Å²) in [5.41, 5.74) is 5.28. The van der Waals surface area contributed by atoms with Crippen LogP contribution in [0.25, 0.3) is 21.8 Å². The van der Waals surface area contributed by atoms with Gasteiger partial charge in [-0.3, -0.25) is 0 Å². The maximum absolute atomic E-state index is 2.55. The lowest BCUT2D eigenvalue weighted by atomic mass is 10.1. The van der Waals surface area contributed by atoms with Crippen LogP contribution in [-0.2, 0) is 5.91 Å². The third-order valence-electron chi connectivity index (χ3n) is 6.54. The van der Waals surface area contributed by atoms with Crippen molar-refractivity contribution in [2.75, 3.05) is 13.1 Å². The minimum atomic E-state index is -0.372. The molecule has 0 N–H and O–H groups in total. The van der Waals surface area contributed by atoms with Gasteiger partial charge in [0.2, 0.25) is 0 Å². The fourth-order valence-electron chi connectivity index (χ4n) is 5.49. The van der Waals surface area contributed by atoms with Crippen LogP contribution in [0.2, 0.25) is 0 Å². The van der Waals surface area contributed by atoms with Crippen LogP contribution in [0.1, 0.15) is 24.0 Å². The van der Waals surface area contributed by atoms with E-state index in [1.165, 1.54) is 45.8 Å². The van der Waals surface area contributed by atoms with Crippen molar-refractivity contribution in [1.29, 1.82) is 0 Å². The van der Waals surface area contributed by atoms with Crippen LogP contribution in [0.5, 0.6) is 0 Å². The topological polar surface area (TPSA) is 15.9 Å². The van der Waals surface area contributed by atoms with Crippen molar-refractivity contribution in [3.05, 3.63) is 72.1 Å². The molecule has 27 heavy (non-hydrogen) atoms. The predicted molar refractivity (Wildman–Crippen MR) is 107 cm³/mol. The molecule has 0 bridgehead atoms. The number of benzene rings is 2. The average Bonchev–Trinajstić information content (AvgIpc) is 3.28. The maximum atomic E-state index is 2.55. The van der Waals surface area contributed by atoms with E-state index >= 15 is 0 Å². The summed E-state index contributed by atoms with van der Waals surface area (Å²) in [7, 11) is 0. The molecule has 1 spiro atoms. The standard InChI is InChI=1S/C23H20N4/c1-2-12-25-16-20-8-4-6-18-10-14-27(22(18)20)23(25)24(11-1)15-19-7-3-5-17-9-13-26(23)21(17)19/h3-10,13-16H,1-2,11-12H2/q+2. The second-order valence-corrected chi connectivity index (χ2v) is 7.89. The highest BCUT2D eigenvalue weighted by Gasteiger charge is 2.61. The van der Waals surface area contributed by atoms with E-state index in [-0.39, 0.29) is 5.91 Å². The Hall–Kier alpha value is -3.14. The van der Waals surface area contributed by atoms with Crippen LogP contribution in [0.3, 0.4) is 0 Å². The zero-order chi connectivity index (χ0) is 17.6. The molecule has 4 nitrogen and oxygen atoms in total. The molecule has 3 aliphatic rings. The van der Waals surface area contributed by atoms with Gasteiger partial charge in [0.15, 0.2) is 25.5 Å². The monoisotopic (exact) mass is 352 g/mol. The van der Waals surface area contributed by atoms with Gasteiger partial charge >= 0.3 is 5.91 Å². The zero-order valence-electron chi connectivity index (χ0n) is 15.0. The van der Waals surface area contributed by atoms with Gasteiger partial charge in [-0.2, -0.15) is 0 Å². The van der Waals surface area contributed by atoms with Gasteiger partial charge in [0.1, 0.15) is 0 Å². The first-order valence-electron chi connectivity index (χ1n) is 9.82. The molecule has 1 fully saturated rings. The summed E-state index contributed by atoms with van der Waals surface area (Å²) < 4.78 is 10.1. The normalized spacial score (nSPS) is 19.3. The van der Waals surface area contributed by atoms with Crippen LogP contribution in [0, 0.1) is 0 Å². The molecule has 0 radical (unpaired) electrons.